The lowest BCUT2D eigenvalue weighted by molar-refractivity contribution is -0.115. The van der Waals surface area contributed by atoms with Gasteiger partial charge in [-0.05, 0) is 36.1 Å². The van der Waals surface area contributed by atoms with Crippen molar-refractivity contribution in [1.29, 1.82) is 0 Å². The summed E-state index contributed by atoms with van der Waals surface area (Å²) in [4.78, 5) is 17.2. The van der Waals surface area contributed by atoms with E-state index in [0.717, 1.165) is 10.4 Å². The van der Waals surface area contributed by atoms with Crippen molar-refractivity contribution >= 4 is 34.5 Å². The Bertz CT molecular complexity index is 799. The van der Waals surface area contributed by atoms with Gasteiger partial charge in [0.25, 0.3) is 5.89 Å². The molecule has 5 nitrogen and oxygen atoms in total. The van der Waals surface area contributed by atoms with E-state index in [-0.39, 0.29) is 12.3 Å². The highest BCUT2D eigenvalue weighted by Gasteiger charge is 2.14. The Morgan fingerprint density at radius 1 is 1.36 bits per heavy atom. The Morgan fingerprint density at radius 2 is 2.23 bits per heavy atom. The molecule has 0 unspecified atom stereocenters. The third kappa shape index (κ3) is 3.18. The van der Waals surface area contributed by atoms with Crippen molar-refractivity contribution in [2.45, 2.75) is 13.3 Å². The largest absolute Gasteiger partial charge is 0.333 e. The molecular weight excluding hydrogens is 322 g/mol. The molecule has 0 saturated carbocycles. The molecule has 112 valence electrons. The molecule has 0 fully saturated rings. The van der Waals surface area contributed by atoms with Crippen LogP contribution in [0.15, 0.2) is 40.2 Å². The Kier molecular flexibility index (Phi) is 4.22. The van der Waals surface area contributed by atoms with Crippen LogP contribution >= 0.6 is 22.9 Å². The molecule has 0 saturated heterocycles. The SMILES string of the molecule is Cc1c(Cl)cccc1NC(=O)Cc1noc(-c2cccs2)n1. The lowest BCUT2D eigenvalue weighted by Gasteiger charge is -2.08. The standard InChI is InChI=1S/C15H12ClN3O2S/c1-9-10(16)4-2-5-11(9)17-14(20)8-13-18-15(21-19-13)12-6-3-7-22-12/h2-7H,8H2,1H3,(H,17,20). The van der Waals surface area contributed by atoms with E-state index in [9.17, 15) is 4.79 Å². The fraction of sp³-hybridized carbons (Fsp3) is 0.133. The van der Waals surface area contributed by atoms with E-state index >= 15 is 0 Å². The van der Waals surface area contributed by atoms with E-state index in [1.165, 1.54) is 11.3 Å². The minimum atomic E-state index is -0.219. The third-order valence-corrected chi connectivity index (χ3v) is 4.33. The van der Waals surface area contributed by atoms with Crippen LogP contribution in [0, 0.1) is 6.92 Å². The number of thiophene rings is 1. The van der Waals surface area contributed by atoms with E-state index < -0.39 is 0 Å². The molecule has 0 aliphatic carbocycles. The van der Waals surface area contributed by atoms with E-state index in [2.05, 4.69) is 15.5 Å². The number of hydrogen-bond acceptors (Lipinski definition) is 5. The molecule has 2 aromatic heterocycles. The van der Waals surface area contributed by atoms with E-state index in [0.29, 0.717) is 22.4 Å². The van der Waals surface area contributed by atoms with Gasteiger partial charge in [-0.2, -0.15) is 4.98 Å². The van der Waals surface area contributed by atoms with Crippen LogP contribution in [-0.2, 0) is 11.2 Å². The van der Waals surface area contributed by atoms with Gasteiger partial charge >= 0.3 is 0 Å². The maximum atomic E-state index is 12.1. The summed E-state index contributed by atoms with van der Waals surface area (Å²) in [7, 11) is 0. The molecule has 0 atom stereocenters. The van der Waals surface area contributed by atoms with Gasteiger partial charge in [-0.3, -0.25) is 4.79 Å². The first-order valence-electron chi connectivity index (χ1n) is 6.55. The number of carbonyl (C=O) groups excluding carboxylic acids is 1. The van der Waals surface area contributed by atoms with Crippen molar-refractivity contribution in [2.75, 3.05) is 5.32 Å². The summed E-state index contributed by atoms with van der Waals surface area (Å²) in [6, 6.07) is 9.15. The first-order chi connectivity index (χ1) is 10.6. The molecule has 3 rings (SSSR count). The Morgan fingerprint density at radius 3 is 3.00 bits per heavy atom. The van der Waals surface area contributed by atoms with Crippen molar-refractivity contribution in [3.05, 3.63) is 52.1 Å². The molecule has 1 aromatic carbocycles. The number of rotatable bonds is 4. The maximum Gasteiger partial charge on any atom is 0.267 e. The number of benzene rings is 1. The van der Waals surface area contributed by atoms with Crippen LogP contribution in [0.3, 0.4) is 0 Å². The number of aromatic nitrogens is 2. The summed E-state index contributed by atoms with van der Waals surface area (Å²) >= 11 is 7.53. The van der Waals surface area contributed by atoms with E-state index in [4.69, 9.17) is 16.1 Å². The summed E-state index contributed by atoms with van der Waals surface area (Å²) in [6.45, 7) is 1.85. The number of halogens is 1. The lowest BCUT2D eigenvalue weighted by atomic mass is 10.2. The van der Waals surface area contributed by atoms with Gasteiger partial charge in [0.1, 0.15) is 0 Å². The van der Waals surface area contributed by atoms with Crippen molar-refractivity contribution in [1.82, 2.24) is 10.1 Å². The smallest absolute Gasteiger partial charge is 0.267 e. The summed E-state index contributed by atoms with van der Waals surface area (Å²) in [6.07, 6.45) is 0.0425. The minimum Gasteiger partial charge on any atom is -0.333 e. The molecule has 0 spiro atoms. The predicted octanol–water partition coefficient (Wildman–Crippen LogP) is 3.94. The fourth-order valence-corrected chi connectivity index (χ4v) is 2.73. The molecule has 0 aliphatic heterocycles. The van der Waals surface area contributed by atoms with Gasteiger partial charge in [0.15, 0.2) is 5.82 Å². The molecule has 7 heteroatoms. The van der Waals surface area contributed by atoms with Crippen LogP contribution in [0.25, 0.3) is 10.8 Å². The first-order valence-corrected chi connectivity index (χ1v) is 7.80. The average molecular weight is 334 g/mol. The predicted molar refractivity (Wildman–Crippen MR) is 86.1 cm³/mol. The van der Waals surface area contributed by atoms with Crippen molar-refractivity contribution in [3.8, 4) is 10.8 Å². The molecule has 22 heavy (non-hydrogen) atoms. The Balaban J connectivity index is 1.68. The van der Waals surface area contributed by atoms with Crippen molar-refractivity contribution < 1.29 is 9.32 Å². The molecule has 3 aromatic rings. The highest BCUT2D eigenvalue weighted by atomic mass is 35.5. The Labute approximate surface area is 135 Å². The number of nitrogens with one attached hydrogen (secondary N) is 1. The lowest BCUT2D eigenvalue weighted by Crippen LogP contribution is -2.16. The van der Waals surface area contributed by atoms with Gasteiger partial charge in [-0.25, -0.2) is 0 Å². The zero-order valence-electron chi connectivity index (χ0n) is 11.7. The quantitative estimate of drug-likeness (QED) is 0.785. The normalized spacial score (nSPS) is 10.6. The molecule has 0 aliphatic rings. The van der Waals surface area contributed by atoms with Crippen molar-refractivity contribution in [2.24, 2.45) is 0 Å². The third-order valence-electron chi connectivity index (χ3n) is 3.06. The molecule has 0 radical (unpaired) electrons. The summed E-state index contributed by atoms with van der Waals surface area (Å²) in [5.41, 5.74) is 1.50. The zero-order valence-corrected chi connectivity index (χ0v) is 13.2. The van der Waals surface area contributed by atoms with Gasteiger partial charge in [-0.15, -0.1) is 11.3 Å². The number of nitrogens with zero attached hydrogens (tertiary/aromatic N) is 2. The van der Waals surface area contributed by atoms with Gasteiger partial charge in [0.2, 0.25) is 5.91 Å². The number of amides is 1. The van der Waals surface area contributed by atoms with E-state index in [1.807, 2.05) is 24.4 Å². The van der Waals surface area contributed by atoms with Crippen LogP contribution < -0.4 is 5.32 Å². The monoisotopic (exact) mass is 333 g/mol. The summed E-state index contributed by atoms with van der Waals surface area (Å²) < 4.78 is 5.15. The van der Waals surface area contributed by atoms with Crippen LogP contribution in [-0.4, -0.2) is 16.0 Å². The second-order valence-corrected chi connectivity index (χ2v) is 5.99. The molecular formula is C15H12ClN3O2S. The highest BCUT2D eigenvalue weighted by molar-refractivity contribution is 7.13. The second-order valence-electron chi connectivity index (χ2n) is 4.63. The second kappa shape index (κ2) is 6.29. The summed E-state index contributed by atoms with van der Waals surface area (Å²) in [5.74, 6) is 0.557. The number of anilines is 1. The molecule has 2 heterocycles. The number of hydrogen-bond donors (Lipinski definition) is 1. The zero-order chi connectivity index (χ0) is 15.5. The maximum absolute atomic E-state index is 12.1. The van der Waals surface area contributed by atoms with Gasteiger partial charge in [0.05, 0.1) is 11.3 Å². The van der Waals surface area contributed by atoms with Crippen LogP contribution in [0.5, 0.6) is 0 Å². The average Bonchev–Trinajstić information content (AvgIpc) is 3.14. The first kappa shape index (κ1) is 14.7. The van der Waals surface area contributed by atoms with Gasteiger partial charge in [-0.1, -0.05) is 28.9 Å². The van der Waals surface area contributed by atoms with Gasteiger partial charge < -0.3 is 9.84 Å². The van der Waals surface area contributed by atoms with Crippen LogP contribution in [0.4, 0.5) is 5.69 Å². The molecule has 0 bridgehead atoms. The molecule has 1 amide bonds. The van der Waals surface area contributed by atoms with E-state index in [1.54, 1.807) is 18.2 Å². The Hall–Kier alpha value is -2.18. The van der Waals surface area contributed by atoms with Crippen LogP contribution in [0.2, 0.25) is 5.02 Å². The fourth-order valence-electron chi connectivity index (χ4n) is 1.91. The minimum absolute atomic E-state index is 0.0425. The van der Waals surface area contributed by atoms with Gasteiger partial charge in [0, 0.05) is 10.7 Å². The van der Waals surface area contributed by atoms with Crippen LogP contribution in [0.1, 0.15) is 11.4 Å². The molecule has 1 N–H and O–H groups in total. The highest BCUT2D eigenvalue weighted by Crippen LogP contribution is 2.24. The van der Waals surface area contributed by atoms with Crippen molar-refractivity contribution in [3.63, 3.8) is 0 Å². The number of carbonyl (C=O) groups is 1. The topological polar surface area (TPSA) is 68.0 Å². The summed E-state index contributed by atoms with van der Waals surface area (Å²) in [5, 5.41) is 9.16.